The molecule has 1 aliphatic carbocycles. The van der Waals surface area contributed by atoms with Crippen LogP contribution >= 0.6 is 0 Å². The van der Waals surface area contributed by atoms with Gasteiger partial charge in [0.05, 0.1) is 11.2 Å². The summed E-state index contributed by atoms with van der Waals surface area (Å²) >= 11 is 0. The first-order valence-electron chi connectivity index (χ1n) is 8.29. The number of aryl methyl sites for hydroxylation is 1. The number of imidazole rings is 1. The van der Waals surface area contributed by atoms with Crippen molar-refractivity contribution >= 4 is 6.09 Å². The van der Waals surface area contributed by atoms with Gasteiger partial charge in [-0.2, -0.15) is 0 Å². The minimum absolute atomic E-state index is 0.402. The summed E-state index contributed by atoms with van der Waals surface area (Å²) in [7, 11) is 0. The number of carbonyl (C=O) groups excluding carboxylic acids is 1. The number of hydrogen-bond donors (Lipinski definition) is 2. The molecule has 0 fully saturated rings. The van der Waals surface area contributed by atoms with Crippen LogP contribution in [-0.2, 0) is 16.7 Å². The lowest BCUT2D eigenvalue weighted by Crippen LogP contribution is -2.46. The molecule has 2 N–H and O–H groups in total. The second-order valence-corrected chi connectivity index (χ2v) is 7.41. The van der Waals surface area contributed by atoms with Crippen molar-refractivity contribution in [2.45, 2.75) is 84.3 Å². The normalized spacial score (nSPS) is 20.4. The minimum atomic E-state index is -0.537. The van der Waals surface area contributed by atoms with Gasteiger partial charge in [-0.05, 0) is 53.4 Å². The third-order valence-electron chi connectivity index (χ3n) is 4.44. The SMILES string of the molecule is CCC1CCc2[nH]c(C(C)(CC)NC(=O)OC(C)(C)C)nc21. The smallest absolute Gasteiger partial charge is 0.408 e. The molecule has 2 atom stereocenters. The molecule has 1 amide bonds. The number of H-pyrrole nitrogens is 1. The zero-order valence-electron chi connectivity index (χ0n) is 14.7. The van der Waals surface area contributed by atoms with E-state index in [0.717, 1.165) is 25.1 Å². The van der Waals surface area contributed by atoms with E-state index < -0.39 is 17.2 Å². The van der Waals surface area contributed by atoms with Gasteiger partial charge >= 0.3 is 6.09 Å². The van der Waals surface area contributed by atoms with Crippen LogP contribution in [0.25, 0.3) is 0 Å². The van der Waals surface area contributed by atoms with Crippen molar-refractivity contribution in [2.75, 3.05) is 0 Å². The van der Waals surface area contributed by atoms with Gasteiger partial charge in [0.15, 0.2) is 0 Å². The van der Waals surface area contributed by atoms with E-state index >= 15 is 0 Å². The van der Waals surface area contributed by atoms with E-state index in [9.17, 15) is 4.79 Å². The summed E-state index contributed by atoms with van der Waals surface area (Å²) in [5.74, 6) is 1.38. The van der Waals surface area contributed by atoms with Crippen molar-refractivity contribution in [3.63, 3.8) is 0 Å². The number of aromatic amines is 1. The van der Waals surface area contributed by atoms with Crippen molar-refractivity contribution in [1.29, 1.82) is 0 Å². The van der Waals surface area contributed by atoms with Crippen molar-refractivity contribution in [3.05, 3.63) is 17.2 Å². The van der Waals surface area contributed by atoms with Crippen LogP contribution in [0, 0.1) is 0 Å². The fourth-order valence-corrected chi connectivity index (χ4v) is 2.91. The number of fused-ring (bicyclic) bond motifs is 1. The Labute approximate surface area is 133 Å². The molecule has 0 saturated heterocycles. The number of nitrogens with one attached hydrogen (secondary N) is 2. The van der Waals surface area contributed by atoms with E-state index in [4.69, 9.17) is 9.72 Å². The van der Waals surface area contributed by atoms with Crippen molar-refractivity contribution in [3.8, 4) is 0 Å². The highest BCUT2D eigenvalue weighted by Crippen LogP contribution is 2.36. The highest BCUT2D eigenvalue weighted by atomic mass is 16.6. The van der Waals surface area contributed by atoms with Gasteiger partial charge in [-0.1, -0.05) is 13.8 Å². The van der Waals surface area contributed by atoms with Gasteiger partial charge in [0, 0.05) is 11.6 Å². The lowest BCUT2D eigenvalue weighted by Gasteiger charge is -2.29. The Morgan fingerprint density at radius 3 is 2.59 bits per heavy atom. The molecule has 0 radical (unpaired) electrons. The van der Waals surface area contributed by atoms with E-state index in [0.29, 0.717) is 5.92 Å². The Morgan fingerprint density at radius 1 is 1.36 bits per heavy atom. The second kappa shape index (κ2) is 5.94. The Morgan fingerprint density at radius 2 is 2.05 bits per heavy atom. The molecule has 1 aromatic rings. The molecular formula is C17H29N3O2. The molecule has 1 heterocycles. The third-order valence-corrected chi connectivity index (χ3v) is 4.44. The third kappa shape index (κ3) is 3.45. The summed E-state index contributed by atoms with van der Waals surface area (Å²) in [6.07, 6.45) is 3.68. The van der Waals surface area contributed by atoms with Crippen LogP contribution in [0.15, 0.2) is 0 Å². The molecule has 2 unspecified atom stereocenters. The number of alkyl carbamates (subject to hydrolysis) is 1. The monoisotopic (exact) mass is 307 g/mol. The number of carbonyl (C=O) groups is 1. The molecule has 0 bridgehead atoms. The van der Waals surface area contributed by atoms with Crippen LogP contribution < -0.4 is 5.32 Å². The summed E-state index contributed by atoms with van der Waals surface area (Å²) in [5.41, 5.74) is 1.37. The summed E-state index contributed by atoms with van der Waals surface area (Å²) in [5, 5.41) is 2.98. The van der Waals surface area contributed by atoms with Gasteiger partial charge in [-0.25, -0.2) is 9.78 Å². The largest absolute Gasteiger partial charge is 0.444 e. The van der Waals surface area contributed by atoms with Gasteiger partial charge in [0.2, 0.25) is 0 Å². The molecule has 5 heteroatoms. The average Bonchev–Trinajstić information content (AvgIpc) is 2.95. The lowest BCUT2D eigenvalue weighted by molar-refractivity contribution is 0.0453. The van der Waals surface area contributed by atoms with Gasteiger partial charge in [-0.3, -0.25) is 0 Å². The molecular weight excluding hydrogens is 278 g/mol. The number of nitrogens with zero attached hydrogens (tertiary/aromatic N) is 1. The Bertz CT molecular complexity index is 545. The molecule has 0 aliphatic heterocycles. The maximum absolute atomic E-state index is 12.1. The van der Waals surface area contributed by atoms with E-state index in [1.165, 1.54) is 17.8 Å². The van der Waals surface area contributed by atoms with E-state index in [2.05, 4.69) is 17.2 Å². The number of amides is 1. The van der Waals surface area contributed by atoms with E-state index in [1.807, 2.05) is 34.6 Å². The Balaban J connectivity index is 2.18. The number of ether oxygens (including phenoxy) is 1. The fourth-order valence-electron chi connectivity index (χ4n) is 2.91. The predicted octanol–water partition coefficient (Wildman–Crippen LogP) is 4.00. The summed E-state index contributed by atoms with van der Waals surface area (Å²) < 4.78 is 5.38. The Hall–Kier alpha value is -1.52. The molecule has 22 heavy (non-hydrogen) atoms. The Kier molecular flexibility index (Phi) is 4.54. The summed E-state index contributed by atoms with van der Waals surface area (Å²) in [6, 6.07) is 0. The van der Waals surface area contributed by atoms with Crippen molar-refractivity contribution in [1.82, 2.24) is 15.3 Å². The molecule has 0 saturated carbocycles. The number of aromatic nitrogens is 2. The molecule has 5 nitrogen and oxygen atoms in total. The second-order valence-electron chi connectivity index (χ2n) is 7.41. The molecule has 1 aliphatic rings. The molecule has 1 aromatic heterocycles. The van der Waals surface area contributed by atoms with Gasteiger partial charge in [0.25, 0.3) is 0 Å². The van der Waals surface area contributed by atoms with Gasteiger partial charge in [-0.15, -0.1) is 0 Å². The topological polar surface area (TPSA) is 67.0 Å². The molecule has 0 aromatic carbocycles. The highest BCUT2D eigenvalue weighted by Gasteiger charge is 2.35. The van der Waals surface area contributed by atoms with E-state index in [1.54, 1.807) is 0 Å². The minimum Gasteiger partial charge on any atom is -0.444 e. The maximum atomic E-state index is 12.1. The number of rotatable bonds is 4. The van der Waals surface area contributed by atoms with Crippen LogP contribution in [0.4, 0.5) is 4.79 Å². The predicted molar refractivity (Wildman–Crippen MR) is 87.0 cm³/mol. The first-order chi connectivity index (χ1) is 10.2. The average molecular weight is 307 g/mol. The summed E-state index contributed by atoms with van der Waals surface area (Å²) in [4.78, 5) is 20.4. The molecule has 124 valence electrons. The first-order valence-corrected chi connectivity index (χ1v) is 8.29. The maximum Gasteiger partial charge on any atom is 0.408 e. The van der Waals surface area contributed by atoms with Crippen LogP contribution in [-0.4, -0.2) is 21.7 Å². The lowest BCUT2D eigenvalue weighted by atomic mass is 9.98. The van der Waals surface area contributed by atoms with Crippen molar-refractivity contribution in [2.24, 2.45) is 0 Å². The van der Waals surface area contributed by atoms with Crippen LogP contribution in [0.1, 0.15) is 83.9 Å². The highest BCUT2D eigenvalue weighted by molar-refractivity contribution is 5.69. The van der Waals surface area contributed by atoms with Crippen LogP contribution in [0.2, 0.25) is 0 Å². The van der Waals surface area contributed by atoms with Gasteiger partial charge in [0.1, 0.15) is 11.4 Å². The van der Waals surface area contributed by atoms with Crippen molar-refractivity contribution < 1.29 is 9.53 Å². The van der Waals surface area contributed by atoms with Gasteiger partial charge < -0.3 is 15.0 Å². The zero-order chi connectivity index (χ0) is 16.5. The van der Waals surface area contributed by atoms with E-state index in [-0.39, 0.29) is 0 Å². The first kappa shape index (κ1) is 16.8. The fraction of sp³-hybridized carbons (Fsp3) is 0.765. The quantitative estimate of drug-likeness (QED) is 0.883. The summed E-state index contributed by atoms with van der Waals surface area (Å²) in [6.45, 7) is 11.8. The zero-order valence-corrected chi connectivity index (χ0v) is 14.7. The van der Waals surface area contributed by atoms with Crippen LogP contribution in [0.3, 0.4) is 0 Å². The standard InChI is InChI=1S/C17H29N3O2/c1-7-11-9-10-12-13(11)19-14(18-12)17(6,8-2)20-15(21)22-16(3,4)5/h11H,7-10H2,1-6H3,(H,18,19)(H,20,21). The number of hydrogen-bond acceptors (Lipinski definition) is 3. The molecule has 2 rings (SSSR count). The molecule has 0 spiro atoms. The van der Waals surface area contributed by atoms with Crippen LogP contribution in [0.5, 0.6) is 0 Å².